The molecule has 0 saturated heterocycles. The molecule has 0 N–H and O–H groups in total. The van der Waals surface area contributed by atoms with Crippen LogP contribution < -0.4 is 0 Å². The minimum atomic E-state index is -0.419. The summed E-state index contributed by atoms with van der Waals surface area (Å²) in [4.78, 5) is 11.1. The summed E-state index contributed by atoms with van der Waals surface area (Å²) >= 11 is 6.71. The minimum Gasteiger partial charge on any atom is -0.257 e. The lowest BCUT2D eigenvalue weighted by molar-refractivity contribution is -0.380. The standard InChI is InChI=1S/C8H6ClN3O2S/c9-5-6-4-7(8(15-6)12(13)14)11-3-1-2-10-11/h1-4H,5H2. The Balaban J connectivity index is 2.54. The third-order valence-electron chi connectivity index (χ3n) is 1.79. The lowest BCUT2D eigenvalue weighted by atomic mass is 10.4. The second-order valence-electron chi connectivity index (χ2n) is 2.74. The highest BCUT2D eigenvalue weighted by molar-refractivity contribution is 7.16. The predicted molar refractivity (Wildman–Crippen MR) is 57.7 cm³/mol. The van der Waals surface area contributed by atoms with Crippen LogP contribution in [-0.4, -0.2) is 14.7 Å². The molecule has 0 aliphatic heterocycles. The lowest BCUT2D eigenvalue weighted by Gasteiger charge is -1.95. The molecule has 0 aromatic carbocycles. The van der Waals surface area contributed by atoms with Gasteiger partial charge in [-0.15, -0.1) is 11.6 Å². The van der Waals surface area contributed by atoms with E-state index in [9.17, 15) is 10.1 Å². The monoisotopic (exact) mass is 243 g/mol. The van der Waals surface area contributed by atoms with Crippen LogP contribution in [-0.2, 0) is 5.88 Å². The Kier molecular flexibility index (Phi) is 2.70. The van der Waals surface area contributed by atoms with Crippen LogP contribution in [0.15, 0.2) is 24.5 Å². The highest BCUT2D eigenvalue weighted by atomic mass is 35.5. The average molecular weight is 244 g/mol. The van der Waals surface area contributed by atoms with Gasteiger partial charge in [-0.25, -0.2) is 4.68 Å². The normalized spacial score (nSPS) is 10.5. The molecule has 2 aromatic rings. The summed E-state index contributed by atoms with van der Waals surface area (Å²) in [5, 5.41) is 14.8. The fourth-order valence-corrected chi connectivity index (χ4v) is 2.24. The SMILES string of the molecule is O=[N+]([O-])c1sc(CCl)cc1-n1cccn1. The van der Waals surface area contributed by atoms with E-state index in [4.69, 9.17) is 11.6 Å². The summed E-state index contributed by atoms with van der Waals surface area (Å²) in [5.41, 5.74) is 0.464. The Bertz CT molecular complexity index is 480. The fourth-order valence-electron chi connectivity index (χ4n) is 1.19. The number of nitro groups is 1. The van der Waals surface area contributed by atoms with Gasteiger partial charge in [0, 0.05) is 17.3 Å². The molecular weight excluding hydrogens is 238 g/mol. The number of hydrogen-bond acceptors (Lipinski definition) is 4. The van der Waals surface area contributed by atoms with Gasteiger partial charge in [-0.2, -0.15) is 5.10 Å². The lowest BCUT2D eigenvalue weighted by Crippen LogP contribution is -1.96. The first-order valence-corrected chi connectivity index (χ1v) is 5.40. The zero-order chi connectivity index (χ0) is 10.8. The minimum absolute atomic E-state index is 0.0642. The molecule has 0 atom stereocenters. The number of alkyl halides is 1. The maximum atomic E-state index is 10.8. The molecule has 5 nitrogen and oxygen atoms in total. The van der Waals surface area contributed by atoms with Gasteiger partial charge >= 0.3 is 5.00 Å². The van der Waals surface area contributed by atoms with E-state index in [2.05, 4.69) is 5.10 Å². The Morgan fingerprint density at radius 1 is 1.67 bits per heavy atom. The van der Waals surface area contributed by atoms with Crippen molar-refractivity contribution in [3.63, 3.8) is 0 Å². The van der Waals surface area contributed by atoms with Crippen LogP contribution in [0.3, 0.4) is 0 Å². The second kappa shape index (κ2) is 4.00. The van der Waals surface area contributed by atoms with E-state index in [1.165, 1.54) is 4.68 Å². The molecular formula is C8H6ClN3O2S. The largest absolute Gasteiger partial charge is 0.349 e. The van der Waals surface area contributed by atoms with Crippen molar-refractivity contribution in [3.05, 3.63) is 39.5 Å². The molecule has 0 radical (unpaired) electrons. The van der Waals surface area contributed by atoms with E-state index in [0.717, 1.165) is 16.2 Å². The van der Waals surface area contributed by atoms with Crippen LogP contribution in [0.4, 0.5) is 5.00 Å². The van der Waals surface area contributed by atoms with E-state index in [1.807, 2.05) is 0 Å². The quantitative estimate of drug-likeness (QED) is 0.473. The van der Waals surface area contributed by atoms with Gasteiger partial charge in [0.05, 0.1) is 10.8 Å². The molecule has 0 fully saturated rings. The zero-order valence-electron chi connectivity index (χ0n) is 7.46. The fraction of sp³-hybridized carbons (Fsp3) is 0.125. The van der Waals surface area contributed by atoms with Gasteiger partial charge in [-0.05, 0) is 12.1 Å². The van der Waals surface area contributed by atoms with Crippen LogP contribution in [0.2, 0.25) is 0 Å². The van der Waals surface area contributed by atoms with Crippen molar-refractivity contribution in [2.75, 3.05) is 0 Å². The molecule has 7 heteroatoms. The Labute approximate surface area is 94.1 Å². The molecule has 0 unspecified atom stereocenters. The number of nitrogens with zero attached hydrogens (tertiary/aromatic N) is 3. The zero-order valence-corrected chi connectivity index (χ0v) is 9.03. The van der Waals surface area contributed by atoms with Crippen molar-refractivity contribution in [2.45, 2.75) is 5.88 Å². The highest BCUT2D eigenvalue weighted by Gasteiger charge is 2.20. The van der Waals surface area contributed by atoms with Gasteiger partial charge in [0.2, 0.25) is 0 Å². The number of hydrogen-bond donors (Lipinski definition) is 0. The molecule has 2 rings (SSSR count). The molecule has 0 saturated carbocycles. The van der Waals surface area contributed by atoms with Gasteiger partial charge in [0.15, 0.2) is 5.69 Å². The van der Waals surface area contributed by atoms with Gasteiger partial charge in [0.25, 0.3) is 0 Å². The summed E-state index contributed by atoms with van der Waals surface area (Å²) in [6, 6.07) is 3.39. The Hall–Kier alpha value is -1.40. The molecule has 0 spiro atoms. The molecule has 15 heavy (non-hydrogen) atoms. The Morgan fingerprint density at radius 3 is 3.00 bits per heavy atom. The van der Waals surface area contributed by atoms with Crippen molar-refractivity contribution < 1.29 is 4.92 Å². The van der Waals surface area contributed by atoms with Crippen LogP contribution >= 0.6 is 22.9 Å². The van der Waals surface area contributed by atoms with E-state index in [0.29, 0.717) is 5.69 Å². The van der Waals surface area contributed by atoms with Crippen LogP contribution in [0.1, 0.15) is 4.88 Å². The van der Waals surface area contributed by atoms with Gasteiger partial charge < -0.3 is 0 Å². The molecule has 0 aliphatic carbocycles. The average Bonchev–Trinajstić information content (AvgIpc) is 2.86. The topological polar surface area (TPSA) is 61.0 Å². The maximum Gasteiger partial charge on any atom is 0.349 e. The predicted octanol–water partition coefficient (Wildman–Crippen LogP) is 2.58. The molecule has 0 bridgehead atoms. The van der Waals surface area contributed by atoms with E-state index in [-0.39, 0.29) is 10.9 Å². The second-order valence-corrected chi connectivity index (χ2v) is 4.13. The summed E-state index contributed by atoms with van der Waals surface area (Å²) in [7, 11) is 0. The van der Waals surface area contributed by atoms with Crippen molar-refractivity contribution in [1.29, 1.82) is 0 Å². The van der Waals surface area contributed by atoms with Gasteiger partial charge in [0.1, 0.15) is 0 Å². The first kappa shape index (κ1) is 10.1. The van der Waals surface area contributed by atoms with Gasteiger partial charge in [-0.1, -0.05) is 11.3 Å². The first-order chi connectivity index (χ1) is 7.22. The van der Waals surface area contributed by atoms with E-state index >= 15 is 0 Å². The molecule has 78 valence electrons. The number of halogens is 1. The van der Waals surface area contributed by atoms with Crippen molar-refractivity contribution in [2.24, 2.45) is 0 Å². The summed E-state index contributed by atoms with van der Waals surface area (Å²) in [6.45, 7) is 0. The number of rotatable bonds is 3. The van der Waals surface area contributed by atoms with Crippen molar-refractivity contribution >= 4 is 27.9 Å². The van der Waals surface area contributed by atoms with Crippen molar-refractivity contribution in [3.8, 4) is 5.69 Å². The third-order valence-corrected chi connectivity index (χ3v) is 3.32. The maximum absolute atomic E-state index is 10.8. The van der Waals surface area contributed by atoms with Crippen molar-refractivity contribution in [1.82, 2.24) is 9.78 Å². The van der Waals surface area contributed by atoms with E-state index < -0.39 is 4.92 Å². The molecule has 0 amide bonds. The highest BCUT2D eigenvalue weighted by Crippen LogP contribution is 2.33. The smallest absolute Gasteiger partial charge is 0.257 e. The Morgan fingerprint density at radius 2 is 2.47 bits per heavy atom. The van der Waals surface area contributed by atoms with Gasteiger partial charge in [-0.3, -0.25) is 10.1 Å². The van der Waals surface area contributed by atoms with Crippen LogP contribution in [0, 0.1) is 10.1 Å². The molecule has 2 heterocycles. The summed E-state index contributed by atoms with van der Waals surface area (Å²) < 4.78 is 1.46. The third kappa shape index (κ3) is 1.86. The first-order valence-electron chi connectivity index (χ1n) is 4.05. The molecule has 2 aromatic heterocycles. The summed E-state index contributed by atoms with van der Waals surface area (Å²) in [6.07, 6.45) is 3.23. The van der Waals surface area contributed by atoms with Crippen LogP contribution in [0.25, 0.3) is 5.69 Å². The number of thiophene rings is 1. The molecule has 0 aliphatic rings. The summed E-state index contributed by atoms with van der Waals surface area (Å²) in [5.74, 6) is 0.271. The van der Waals surface area contributed by atoms with E-state index in [1.54, 1.807) is 24.5 Å². The number of aromatic nitrogens is 2. The van der Waals surface area contributed by atoms with Crippen LogP contribution in [0.5, 0.6) is 0 Å².